The van der Waals surface area contributed by atoms with Gasteiger partial charge in [0.05, 0.1) is 0 Å². The first-order valence-electron chi connectivity index (χ1n) is 8.54. The Balaban J connectivity index is 0.00000243. The summed E-state index contributed by atoms with van der Waals surface area (Å²) in [5.74, 6) is 0.864. The van der Waals surface area contributed by atoms with Crippen LogP contribution in [0, 0.1) is 5.41 Å². The Bertz CT molecular complexity index is 796. The van der Waals surface area contributed by atoms with E-state index in [1.54, 1.807) is 24.3 Å². The molecule has 5 nitrogen and oxygen atoms in total. The van der Waals surface area contributed by atoms with Gasteiger partial charge < -0.3 is 15.1 Å². The minimum atomic E-state index is -0.105. The molecule has 1 atom stereocenters. The highest BCUT2D eigenvalue weighted by Crippen LogP contribution is 2.30. The number of Topliss-reactive ketones (excluding diaryl/α,β-unsaturated/α-hetero) is 1. The first kappa shape index (κ1) is 20.2. The topological polar surface area (TPSA) is 76.5 Å². The van der Waals surface area contributed by atoms with E-state index in [1.165, 1.54) is 6.92 Å². The fourth-order valence-corrected chi connectivity index (χ4v) is 3.18. The molecule has 1 saturated heterocycles. The molecule has 1 unspecified atom stereocenters. The van der Waals surface area contributed by atoms with Crippen LogP contribution in [0.15, 0.2) is 40.8 Å². The predicted octanol–water partition coefficient (Wildman–Crippen LogP) is 3.77. The lowest BCUT2D eigenvalue weighted by atomic mass is 9.79. The molecule has 2 heterocycles. The zero-order valence-electron chi connectivity index (χ0n) is 15.3. The summed E-state index contributed by atoms with van der Waals surface area (Å²) in [5, 5.41) is 0. The zero-order chi connectivity index (χ0) is 18.2. The highest BCUT2D eigenvalue weighted by atomic mass is 35.5. The number of hydrogen-bond acceptors (Lipinski definition) is 4. The summed E-state index contributed by atoms with van der Waals surface area (Å²) in [5.41, 5.74) is 7.53. The van der Waals surface area contributed by atoms with Crippen molar-refractivity contribution in [3.8, 4) is 11.3 Å². The van der Waals surface area contributed by atoms with E-state index in [0.29, 0.717) is 30.2 Å². The van der Waals surface area contributed by atoms with E-state index in [1.807, 2.05) is 17.0 Å². The number of hydrogen-bond donors (Lipinski definition) is 1. The van der Waals surface area contributed by atoms with E-state index in [4.69, 9.17) is 10.2 Å². The molecule has 1 aromatic heterocycles. The SMILES string of the molecule is CC(=O)c1ccc(-c2ccc(C(=O)N3CCC(N)C(C)(C)C3)o2)cc1.Cl. The molecular formula is C20H25ClN2O3. The molecule has 1 amide bonds. The molecule has 0 radical (unpaired) electrons. The van der Waals surface area contributed by atoms with E-state index in [9.17, 15) is 9.59 Å². The summed E-state index contributed by atoms with van der Waals surface area (Å²) in [6, 6.07) is 10.8. The van der Waals surface area contributed by atoms with Crippen molar-refractivity contribution < 1.29 is 14.0 Å². The average molecular weight is 377 g/mol. The normalized spacial score (nSPS) is 18.9. The molecule has 2 aromatic rings. The van der Waals surface area contributed by atoms with Gasteiger partial charge in [0, 0.05) is 30.3 Å². The second-order valence-corrected chi connectivity index (χ2v) is 7.41. The summed E-state index contributed by atoms with van der Waals surface area (Å²) >= 11 is 0. The lowest BCUT2D eigenvalue weighted by Gasteiger charge is -2.42. The van der Waals surface area contributed by atoms with Crippen LogP contribution in [0.1, 0.15) is 48.1 Å². The number of carbonyl (C=O) groups is 2. The molecule has 140 valence electrons. The monoisotopic (exact) mass is 376 g/mol. The highest BCUT2D eigenvalue weighted by molar-refractivity contribution is 5.94. The first-order chi connectivity index (χ1) is 11.8. The van der Waals surface area contributed by atoms with Crippen LogP contribution in [0.2, 0.25) is 0 Å². The van der Waals surface area contributed by atoms with Crippen LogP contribution in [0.25, 0.3) is 11.3 Å². The molecular weight excluding hydrogens is 352 g/mol. The molecule has 1 aromatic carbocycles. The van der Waals surface area contributed by atoms with Crippen LogP contribution in [-0.4, -0.2) is 35.7 Å². The number of nitrogens with zero attached hydrogens (tertiary/aromatic N) is 1. The van der Waals surface area contributed by atoms with Gasteiger partial charge in [0.15, 0.2) is 11.5 Å². The van der Waals surface area contributed by atoms with Gasteiger partial charge in [-0.2, -0.15) is 0 Å². The summed E-state index contributed by atoms with van der Waals surface area (Å²) in [4.78, 5) is 25.9. The van der Waals surface area contributed by atoms with Crippen molar-refractivity contribution in [3.63, 3.8) is 0 Å². The molecule has 0 spiro atoms. The fraction of sp³-hybridized carbons (Fsp3) is 0.400. The van der Waals surface area contributed by atoms with Crippen molar-refractivity contribution in [2.24, 2.45) is 11.1 Å². The van der Waals surface area contributed by atoms with Gasteiger partial charge in [0.2, 0.25) is 0 Å². The molecule has 0 bridgehead atoms. The van der Waals surface area contributed by atoms with E-state index in [-0.39, 0.29) is 35.6 Å². The van der Waals surface area contributed by atoms with E-state index in [2.05, 4.69) is 13.8 Å². The number of piperidine rings is 1. The number of ketones is 1. The standard InChI is InChI=1S/C20H24N2O3.ClH/c1-13(23)14-4-6-15(7-5-14)16-8-9-17(25-16)19(24)22-11-10-18(21)20(2,3)12-22;/h4-9,18H,10-12,21H2,1-3H3;1H. The highest BCUT2D eigenvalue weighted by Gasteiger charge is 2.36. The van der Waals surface area contributed by atoms with Crippen LogP contribution in [0.4, 0.5) is 0 Å². The summed E-state index contributed by atoms with van der Waals surface area (Å²) in [6.07, 6.45) is 0.790. The molecule has 1 fully saturated rings. The Labute approximate surface area is 160 Å². The first-order valence-corrected chi connectivity index (χ1v) is 8.54. The summed E-state index contributed by atoms with van der Waals surface area (Å²) < 4.78 is 5.77. The van der Waals surface area contributed by atoms with Gasteiger partial charge in [-0.15, -0.1) is 12.4 Å². The maximum absolute atomic E-state index is 12.7. The van der Waals surface area contributed by atoms with Crippen LogP contribution >= 0.6 is 12.4 Å². The Kier molecular flexibility index (Phi) is 5.94. The zero-order valence-corrected chi connectivity index (χ0v) is 16.1. The molecule has 1 aliphatic rings. The number of carbonyl (C=O) groups excluding carboxylic acids is 2. The maximum atomic E-state index is 12.7. The van der Waals surface area contributed by atoms with E-state index >= 15 is 0 Å². The van der Waals surface area contributed by atoms with Crippen LogP contribution in [-0.2, 0) is 0 Å². The van der Waals surface area contributed by atoms with E-state index < -0.39 is 0 Å². The third-order valence-electron chi connectivity index (χ3n) is 4.99. The number of likely N-dealkylation sites (tertiary alicyclic amines) is 1. The van der Waals surface area contributed by atoms with Crippen molar-refractivity contribution in [2.45, 2.75) is 33.2 Å². The number of amides is 1. The van der Waals surface area contributed by atoms with Gasteiger partial charge in [0.25, 0.3) is 5.91 Å². The third kappa shape index (κ3) is 4.00. The van der Waals surface area contributed by atoms with Gasteiger partial charge >= 0.3 is 0 Å². The maximum Gasteiger partial charge on any atom is 0.289 e. The van der Waals surface area contributed by atoms with Crippen molar-refractivity contribution in [3.05, 3.63) is 47.7 Å². The largest absolute Gasteiger partial charge is 0.451 e. The molecule has 1 aliphatic heterocycles. The van der Waals surface area contributed by atoms with Crippen LogP contribution in [0.3, 0.4) is 0 Å². The van der Waals surface area contributed by atoms with Gasteiger partial charge in [-0.1, -0.05) is 38.1 Å². The van der Waals surface area contributed by atoms with Crippen molar-refractivity contribution in [1.29, 1.82) is 0 Å². The second kappa shape index (κ2) is 7.64. The smallest absolute Gasteiger partial charge is 0.289 e. The molecule has 6 heteroatoms. The lowest BCUT2D eigenvalue weighted by molar-refractivity contribution is 0.0504. The molecule has 26 heavy (non-hydrogen) atoms. The molecule has 0 aliphatic carbocycles. The number of rotatable bonds is 3. The van der Waals surface area contributed by atoms with Gasteiger partial charge in [-0.05, 0) is 30.9 Å². The van der Waals surface area contributed by atoms with Gasteiger partial charge in [-0.25, -0.2) is 0 Å². The van der Waals surface area contributed by atoms with Crippen molar-refractivity contribution in [2.75, 3.05) is 13.1 Å². The van der Waals surface area contributed by atoms with Crippen molar-refractivity contribution >= 4 is 24.1 Å². The summed E-state index contributed by atoms with van der Waals surface area (Å²) in [6.45, 7) is 6.97. The number of nitrogens with two attached hydrogens (primary N) is 1. The van der Waals surface area contributed by atoms with Crippen LogP contribution < -0.4 is 5.73 Å². The predicted molar refractivity (Wildman–Crippen MR) is 104 cm³/mol. The Morgan fingerprint density at radius 2 is 1.81 bits per heavy atom. The Morgan fingerprint density at radius 3 is 2.38 bits per heavy atom. The Morgan fingerprint density at radius 1 is 1.15 bits per heavy atom. The number of halogens is 1. The number of benzene rings is 1. The molecule has 2 N–H and O–H groups in total. The third-order valence-corrected chi connectivity index (χ3v) is 4.99. The summed E-state index contributed by atoms with van der Waals surface area (Å²) in [7, 11) is 0. The molecule has 0 saturated carbocycles. The second-order valence-electron chi connectivity index (χ2n) is 7.41. The number of furan rings is 1. The quantitative estimate of drug-likeness (QED) is 0.827. The van der Waals surface area contributed by atoms with E-state index in [0.717, 1.165) is 12.0 Å². The van der Waals surface area contributed by atoms with Crippen LogP contribution in [0.5, 0.6) is 0 Å². The minimum absolute atomic E-state index is 0. The van der Waals surface area contributed by atoms with Gasteiger partial charge in [0.1, 0.15) is 5.76 Å². The minimum Gasteiger partial charge on any atom is -0.451 e. The lowest BCUT2D eigenvalue weighted by Crippen LogP contribution is -2.53. The average Bonchev–Trinajstić information content (AvgIpc) is 3.06. The molecule has 3 rings (SSSR count). The van der Waals surface area contributed by atoms with Gasteiger partial charge in [-0.3, -0.25) is 9.59 Å². The fourth-order valence-electron chi connectivity index (χ4n) is 3.18. The Hall–Kier alpha value is -2.11. The van der Waals surface area contributed by atoms with Crippen molar-refractivity contribution in [1.82, 2.24) is 4.90 Å².